The van der Waals surface area contributed by atoms with Crippen LogP contribution in [0.15, 0.2) is 18.7 Å². The number of rotatable bonds is 8. The van der Waals surface area contributed by atoms with E-state index in [0.29, 0.717) is 6.42 Å². The zero-order valence-electron chi connectivity index (χ0n) is 9.98. The number of imidazole rings is 1. The van der Waals surface area contributed by atoms with Crippen LogP contribution in [0.25, 0.3) is 0 Å². The second-order valence-electron chi connectivity index (χ2n) is 3.96. The maximum atomic E-state index is 11.4. The molecular formula is C12H21N3O. The molecule has 0 aliphatic carbocycles. The first-order chi connectivity index (χ1) is 7.83. The molecule has 0 spiro atoms. The first-order valence-electron chi connectivity index (χ1n) is 6.05. The van der Waals surface area contributed by atoms with E-state index in [1.54, 1.807) is 12.5 Å². The Bertz CT molecular complexity index is 282. The van der Waals surface area contributed by atoms with Crippen LogP contribution < -0.4 is 5.32 Å². The molecule has 0 saturated heterocycles. The normalized spacial score (nSPS) is 10.3. The van der Waals surface area contributed by atoms with Crippen molar-refractivity contribution < 1.29 is 4.79 Å². The van der Waals surface area contributed by atoms with E-state index in [9.17, 15) is 4.79 Å². The molecule has 0 radical (unpaired) electrons. The fourth-order valence-corrected chi connectivity index (χ4v) is 1.53. The predicted molar refractivity (Wildman–Crippen MR) is 64.0 cm³/mol. The van der Waals surface area contributed by atoms with E-state index in [1.165, 1.54) is 12.8 Å². The summed E-state index contributed by atoms with van der Waals surface area (Å²) in [7, 11) is 0. The van der Waals surface area contributed by atoms with Crippen molar-refractivity contribution in [3.63, 3.8) is 0 Å². The van der Waals surface area contributed by atoms with Gasteiger partial charge >= 0.3 is 0 Å². The lowest BCUT2D eigenvalue weighted by Crippen LogP contribution is -2.24. The molecule has 1 amide bonds. The third-order valence-electron chi connectivity index (χ3n) is 2.48. The van der Waals surface area contributed by atoms with E-state index in [1.807, 2.05) is 10.8 Å². The van der Waals surface area contributed by atoms with E-state index in [-0.39, 0.29) is 5.91 Å². The number of carbonyl (C=O) groups is 1. The van der Waals surface area contributed by atoms with Gasteiger partial charge in [0, 0.05) is 31.9 Å². The first-order valence-corrected chi connectivity index (χ1v) is 6.05. The van der Waals surface area contributed by atoms with E-state index in [0.717, 1.165) is 25.9 Å². The molecule has 1 heterocycles. The van der Waals surface area contributed by atoms with Gasteiger partial charge in [0.2, 0.25) is 5.91 Å². The SMILES string of the molecule is CCCCCNC(=O)CCCn1ccnc1. The molecule has 0 fully saturated rings. The topological polar surface area (TPSA) is 46.9 Å². The molecule has 1 aromatic rings. The van der Waals surface area contributed by atoms with Crippen LogP contribution in [-0.4, -0.2) is 22.0 Å². The highest BCUT2D eigenvalue weighted by molar-refractivity contribution is 5.75. The molecule has 0 aliphatic rings. The lowest BCUT2D eigenvalue weighted by Gasteiger charge is -2.04. The monoisotopic (exact) mass is 223 g/mol. The van der Waals surface area contributed by atoms with Crippen molar-refractivity contribution in [2.75, 3.05) is 6.54 Å². The summed E-state index contributed by atoms with van der Waals surface area (Å²) in [6.45, 7) is 3.84. The summed E-state index contributed by atoms with van der Waals surface area (Å²) in [6.07, 6.45) is 10.4. The Morgan fingerprint density at radius 3 is 2.94 bits per heavy atom. The molecule has 16 heavy (non-hydrogen) atoms. The number of hydrogen-bond acceptors (Lipinski definition) is 2. The summed E-state index contributed by atoms with van der Waals surface area (Å²) in [6, 6.07) is 0. The Hall–Kier alpha value is -1.32. The standard InChI is InChI=1S/C12H21N3O/c1-2-3-4-7-14-12(16)6-5-9-15-10-8-13-11-15/h8,10-11H,2-7,9H2,1H3,(H,14,16). The number of hydrogen-bond donors (Lipinski definition) is 1. The van der Waals surface area contributed by atoms with E-state index < -0.39 is 0 Å². The molecule has 1 rings (SSSR count). The second kappa shape index (κ2) is 7.91. The van der Waals surface area contributed by atoms with Crippen LogP contribution >= 0.6 is 0 Å². The van der Waals surface area contributed by atoms with Crippen molar-refractivity contribution in [2.45, 2.75) is 45.6 Å². The van der Waals surface area contributed by atoms with Crippen LogP contribution in [0.4, 0.5) is 0 Å². The van der Waals surface area contributed by atoms with Gasteiger partial charge in [-0.3, -0.25) is 4.79 Å². The highest BCUT2D eigenvalue weighted by Gasteiger charge is 2.00. The number of amides is 1. The molecule has 0 bridgehead atoms. The summed E-state index contributed by atoms with van der Waals surface area (Å²) in [5.41, 5.74) is 0. The zero-order valence-corrected chi connectivity index (χ0v) is 9.98. The van der Waals surface area contributed by atoms with Crippen LogP contribution in [0, 0.1) is 0 Å². The predicted octanol–water partition coefficient (Wildman–Crippen LogP) is 1.97. The largest absolute Gasteiger partial charge is 0.356 e. The lowest BCUT2D eigenvalue weighted by atomic mass is 10.2. The van der Waals surface area contributed by atoms with Crippen molar-refractivity contribution in [1.29, 1.82) is 0 Å². The van der Waals surface area contributed by atoms with E-state index >= 15 is 0 Å². The van der Waals surface area contributed by atoms with Gasteiger partial charge in [0.15, 0.2) is 0 Å². The maximum Gasteiger partial charge on any atom is 0.220 e. The molecule has 4 nitrogen and oxygen atoms in total. The average molecular weight is 223 g/mol. The quantitative estimate of drug-likeness (QED) is 0.685. The van der Waals surface area contributed by atoms with Crippen molar-refractivity contribution in [2.24, 2.45) is 0 Å². The van der Waals surface area contributed by atoms with Gasteiger partial charge in [-0.25, -0.2) is 4.98 Å². The fourth-order valence-electron chi connectivity index (χ4n) is 1.53. The number of nitrogens with one attached hydrogen (secondary N) is 1. The Labute approximate surface area is 97.1 Å². The minimum atomic E-state index is 0.163. The Balaban J connectivity index is 1.98. The summed E-state index contributed by atoms with van der Waals surface area (Å²) in [4.78, 5) is 15.4. The van der Waals surface area contributed by atoms with Crippen LogP contribution in [0.3, 0.4) is 0 Å². The van der Waals surface area contributed by atoms with Gasteiger partial charge in [0.25, 0.3) is 0 Å². The van der Waals surface area contributed by atoms with Gasteiger partial charge in [0.05, 0.1) is 6.33 Å². The van der Waals surface area contributed by atoms with Gasteiger partial charge < -0.3 is 9.88 Å². The minimum absolute atomic E-state index is 0.163. The highest BCUT2D eigenvalue weighted by Crippen LogP contribution is 1.96. The third-order valence-corrected chi connectivity index (χ3v) is 2.48. The summed E-state index contributed by atoms with van der Waals surface area (Å²) < 4.78 is 1.99. The Morgan fingerprint density at radius 2 is 2.25 bits per heavy atom. The first kappa shape index (κ1) is 12.7. The van der Waals surface area contributed by atoms with E-state index in [2.05, 4.69) is 17.2 Å². The minimum Gasteiger partial charge on any atom is -0.356 e. The molecule has 4 heteroatoms. The molecular weight excluding hydrogens is 202 g/mol. The van der Waals surface area contributed by atoms with Gasteiger partial charge in [-0.2, -0.15) is 0 Å². The van der Waals surface area contributed by atoms with Gasteiger partial charge in [0.1, 0.15) is 0 Å². The molecule has 0 saturated carbocycles. The van der Waals surface area contributed by atoms with E-state index in [4.69, 9.17) is 0 Å². The maximum absolute atomic E-state index is 11.4. The van der Waals surface area contributed by atoms with Crippen LogP contribution in [0.1, 0.15) is 39.0 Å². The number of aryl methyl sites for hydroxylation is 1. The number of carbonyl (C=O) groups excluding carboxylic acids is 1. The summed E-state index contributed by atoms with van der Waals surface area (Å²) in [5, 5.41) is 2.93. The number of nitrogens with zero attached hydrogens (tertiary/aromatic N) is 2. The van der Waals surface area contributed by atoms with Crippen LogP contribution in [-0.2, 0) is 11.3 Å². The molecule has 1 N–H and O–H groups in total. The third kappa shape index (κ3) is 5.53. The Morgan fingerprint density at radius 1 is 1.38 bits per heavy atom. The summed E-state index contributed by atoms with van der Waals surface area (Å²) in [5.74, 6) is 0.163. The molecule has 0 aromatic carbocycles. The average Bonchev–Trinajstić information content (AvgIpc) is 2.77. The molecule has 0 aliphatic heterocycles. The molecule has 90 valence electrons. The molecule has 0 unspecified atom stereocenters. The zero-order chi connectivity index (χ0) is 11.6. The van der Waals surface area contributed by atoms with Crippen LogP contribution in [0.5, 0.6) is 0 Å². The lowest BCUT2D eigenvalue weighted by molar-refractivity contribution is -0.121. The molecule has 1 aromatic heterocycles. The van der Waals surface area contributed by atoms with Gasteiger partial charge in [-0.1, -0.05) is 19.8 Å². The fraction of sp³-hybridized carbons (Fsp3) is 0.667. The van der Waals surface area contributed by atoms with Gasteiger partial charge in [-0.05, 0) is 12.8 Å². The van der Waals surface area contributed by atoms with Crippen molar-refractivity contribution in [3.8, 4) is 0 Å². The van der Waals surface area contributed by atoms with Crippen LogP contribution in [0.2, 0.25) is 0 Å². The van der Waals surface area contributed by atoms with Crippen molar-refractivity contribution in [3.05, 3.63) is 18.7 Å². The highest BCUT2D eigenvalue weighted by atomic mass is 16.1. The summed E-state index contributed by atoms with van der Waals surface area (Å²) >= 11 is 0. The number of aromatic nitrogens is 2. The smallest absolute Gasteiger partial charge is 0.220 e. The van der Waals surface area contributed by atoms with Gasteiger partial charge in [-0.15, -0.1) is 0 Å². The Kier molecular flexibility index (Phi) is 6.30. The van der Waals surface area contributed by atoms with Crippen molar-refractivity contribution >= 4 is 5.91 Å². The van der Waals surface area contributed by atoms with Crippen molar-refractivity contribution in [1.82, 2.24) is 14.9 Å². The second-order valence-corrected chi connectivity index (χ2v) is 3.96. The number of unbranched alkanes of at least 4 members (excludes halogenated alkanes) is 2. The molecule has 0 atom stereocenters.